The molecule has 132 valence electrons. The number of hydrogen-bond donors (Lipinski definition) is 1. The Labute approximate surface area is 147 Å². The molecule has 1 atom stereocenters. The van der Waals surface area contributed by atoms with E-state index >= 15 is 0 Å². The summed E-state index contributed by atoms with van der Waals surface area (Å²) in [6.07, 6.45) is 4.43. The standard InChI is InChI=1S/C17H27N5OS/c1-12-20-15(21-23-12)11-22-7-5-6-13(10-22)18-8-14-9-19-16(24-14)17(2,3)4/h9,13,18H,5-8,10-11H2,1-4H3/t13-/m1/s1. The molecular formula is C17H27N5OS. The van der Waals surface area contributed by atoms with Crippen molar-refractivity contribution in [3.05, 3.63) is 27.8 Å². The van der Waals surface area contributed by atoms with Crippen molar-refractivity contribution in [2.45, 2.75) is 65.1 Å². The van der Waals surface area contributed by atoms with Crippen LogP contribution in [0.5, 0.6) is 0 Å². The number of hydrogen-bond acceptors (Lipinski definition) is 7. The molecule has 0 spiro atoms. The van der Waals surface area contributed by atoms with Crippen LogP contribution < -0.4 is 5.32 Å². The van der Waals surface area contributed by atoms with Crippen LogP contribution in [0, 0.1) is 6.92 Å². The highest BCUT2D eigenvalue weighted by Gasteiger charge is 2.22. The van der Waals surface area contributed by atoms with Crippen molar-refractivity contribution >= 4 is 11.3 Å². The van der Waals surface area contributed by atoms with Crippen LogP contribution in [-0.4, -0.2) is 39.2 Å². The molecule has 2 aromatic heterocycles. The topological polar surface area (TPSA) is 67.1 Å². The van der Waals surface area contributed by atoms with Crippen molar-refractivity contribution < 1.29 is 4.52 Å². The summed E-state index contributed by atoms with van der Waals surface area (Å²) < 4.78 is 5.06. The highest BCUT2D eigenvalue weighted by atomic mass is 32.1. The fourth-order valence-corrected chi connectivity index (χ4v) is 3.87. The van der Waals surface area contributed by atoms with Crippen LogP contribution in [0.25, 0.3) is 0 Å². The van der Waals surface area contributed by atoms with Gasteiger partial charge in [-0.25, -0.2) is 4.98 Å². The first-order chi connectivity index (χ1) is 11.4. The van der Waals surface area contributed by atoms with Gasteiger partial charge in [-0.3, -0.25) is 4.90 Å². The fourth-order valence-electron chi connectivity index (χ4n) is 2.95. The Bertz CT molecular complexity index is 660. The Balaban J connectivity index is 1.49. The van der Waals surface area contributed by atoms with E-state index < -0.39 is 0 Å². The van der Waals surface area contributed by atoms with E-state index in [9.17, 15) is 0 Å². The SMILES string of the molecule is Cc1nc(CN2CCC[C@@H](NCc3cnc(C(C)(C)C)s3)C2)no1. The first-order valence-corrected chi connectivity index (χ1v) is 9.42. The number of nitrogens with one attached hydrogen (secondary N) is 1. The third-order valence-corrected chi connectivity index (χ3v) is 5.62. The summed E-state index contributed by atoms with van der Waals surface area (Å²) in [6.45, 7) is 12.2. The zero-order chi connectivity index (χ0) is 17.2. The summed E-state index contributed by atoms with van der Waals surface area (Å²) in [6, 6.07) is 0.506. The van der Waals surface area contributed by atoms with Gasteiger partial charge in [0.05, 0.1) is 11.6 Å². The number of aryl methyl sites for hydroxylation is 1. The van der Waals surface area contributed by atoms with Crippen LogP contribution in [0.1, 0.15) is 55.2 Å². The first-order valence-electron chi connectivity index (χ1n) is 8.60. The molecule has 7 heteroatoms. The lowest BCUT2D eigenvalue weighted by Crippen LogP contribution is -2.45. The molecule has 1 aliphatic rings. The molecule has 2 aromatic rings. The average Bonchev–Trinajstić information content (AvgIpc) is 3.14. The number of likely N-dealkylation sites (tertiary alicyclic amines) is 1. The molecule has 0 bridgehead atoms. The van der Waals surface area contributed by atoms with Gasteiger partial charge < -0.3 is 9.84 Å². The summed E-state index contributed by atoms with van der Waals surface area (Å²) in [5.41, 5.74) is 0.132. The minimum atomic E-state index is 0.132. The zero-order valence-corrected chi connectivity index (χ0v) is 15.8. The van der Waals surface area contributed by atoms with E-state index in [4.69, 9.17) is 4.52 Å². The zero-order valence-electron chi connectivity index (χ0n) is 15.0. The summed E-state index contributed by atoms with van der Waals surface area (Å²) >= 11 is 1.81. The third-order valence-electron chi connectivity index (χ3n) is 4.20. The lowest BCUT2D eigenvalue weighted by atomic mass is 9.98. The predicted octanol–water partition coefficient (Wildman–Crippen LogP) is 2.89. The van der Waals surface area contributed by atoms with Crippen molar-refractivity contribution in [2.75, 3.05) is 13.1 Å². The van der Waals surface area contributed by atoms with E-state index in [0.717, 1.165) is 32.0 Å². The summed E-state index contributed by atoms with van der Waals surface area (Å²) in [7, 11) is 0. The lowest BCUT2D eigenvalue weighted by Gasteiger charge is -2.32. The molecule has 0 aromatic carbocycles. The van der Waals surface area contributed by atoms with Gasteiger partial charge in [0.25, 0.3) is 0 Å². The van der Waals surface area contributed by atoms with E-state index in [2.05, 4.69) is 46.1 Å². The van der Waals surface area contributed by atoms with Crippen LogP contribution >= 0.6 is 11.3 Å². The molecular weight excluding hydrogens is 322 g/mol. The van der Waals surface area contributed by atoms with Gasteiger partial charge in [-0.05, 0) is 19.4 Å². The predicted molar refractivity (Wildman–Crippen MR) is 95.0 cm³/mol. The van der Waals surface area contributed by atoms with E-state index in [0.29, 0.717) is 11.9 Å². The number of piperidine rings is 1. The second kappa shape index (κ2) is 7.29. The Hall–Kier alpha value is -1.31. The molecule has 0 unspecified atom stereocenters. The molecule has 3 heterocycles. The molecule has 6 nitrogen and oxygen atoms in total. The molecule has 1 fully saturated rings. The largest absolute Gasteiger partial charge is 0.340 e. The van der Waals surface area contributed by atoms with Gasteiger partial charge in [0.1, 0.15) is 0 Å². The maximum absolute atomic E-state index is 5.06. The Kier molecular flexibility index (Phi) is 5.32. The van der Waals surface area contributed by atoms with Gasteiger partial charge in [0, 0.05) is 42.5 Å². The van der Waals surface area contributed by atoms with Gasteiger partial charge in [0.2, 0.25) is 5.89 Å². The van der Waals surface area contributed by atoms with Crippen molar-refractivity contribution in [3.63, 3.8) is 0 Å². The maximum Gasteiger partial charge on any atom is 0.223 e. The van der Waals surface area contributed by atoms with Crippen LogP contribution in [0.4, 0.5) is 0 Å². The fraction of sp³-hybridized carbons (Fsp3) is 0.706. The van der Waals surface area contributed by atoms with Gasteiger partial charge in [-0.15, -0.1) is 11.3 Å². The number of aromatic nitrogens is 3. The van der Waals surface area contributed by atoms with E-state index in [-0.39, 0.29) is 5.41 Å². The Morgan fingerprint density at radius 2 is 2.25 bits per heavy atom. The highest BCUT2D eigenvalue weighted by molar-refractivity contribution is 7.11. The quantitative estimate of drug-likeness (QED) is 0.895. The molecule has 0 radical (unpaired) electrons. The lowest BCUT2D eigenvalue weighted by molar-refractivity contribution is 0.177. The highest BCUT2D eigenvalue weighted by Crippen LogP contribution is 2.26. The van der Waals surface area contributed by atoms with E-state index in [1.165, 1.54) is 22.7 Å². The summed E-state index contributed by atoms with van der Waals surface area (Å²) in [4.78, 5) is 12.6. The number of nitrogens with zero attached hydrogens (tertiary/aromatic N) is 4. The Morgan fingerprint density at radius 1 is 1.42 bits per heavy atom. The van der Waals surface area contributed by atoms with Crippen LogP contribution in [0.15, 0.2) is 10.7 Å². The first kappa shape index (κ1) is 17.5. The molecule has 1 aliphatic heterocycles. The minimum Gasteiger partial charge on any atom is -0.340 e. The summed E-state index contributed by atoms with van der Waals surface area (Å²) in [5.74, 6) is 1.42. The molecule has 24 heavy (non-hydrogen) atoms. The van der Waals surface area contributed by atoms with Gasteiger partial charge in [-0.1, -0.05) is 25.9 Å². The second-order valence-corrected chi connectivity index (χ2v) is 8.68. The van der Waals surface area contributed by atoms with Gasteiger partial charge >= 0.3 is 0 Å². The average molecular weight is 350 g/mol. The summed E-state index contributed by atoms with van der Waals surface area (Å²) in [5, 5.41) is 8.89. The van der Waals surface area contributed by atoms with Crippen LogP contribution in [0.2, 0.25) is 0 Å². The van der Waals surface area contributed by atoms with Crippen molar-refractivity contribution in [2.24, 2.45) is 0 Å². The van der Waals surface area contributed by atoms with Crippen LogP contribution in [0.3, 0.4) is 0 Å². The van der Waals surface area contributed by atoms with Gasteiger partial charge in [0.15, 0.2) is 5.82 Å². The number of rotatable bonds is 5. The van der Waals surface area contributed by atoms with Gasteiger partial charge in [-0.2, -0.15) is 4.98 Å². The molecule has 0 saturated carbocycles. The molecule has 0 amide bonds. The van der Waals surface area contributed by atoms with Crippen LogP contribution in [-0.2, 0) is 18.5 Å². The normalized spacial score (nSPS) is 19.8. The smallest absolute Gasteiger partial charge is 0.223 e. The number of thiazole rings is 1. The Morgan fingerprint density at radius 3 is 2.92 bits per heavy atom. The third kappa shape index (κ3) is 4.62. The maximum atomic E-state index is 5.06. The molecule has 0 aliphatic carbocycles. The van der Waals surface area contributed by atoms with Crippen molar-refractivity contribution in [1.29, 1.82) is 0 Å². The minimum absolute atomic E-state index is 0.132. The van der Waals surface area contributed by atoms with E-state index in [1.54, 1.807) is 0 Å². The molecule has 1 N–H and O–H groups in total. The van der Waals surface area contributed by atoms with Crippen molar-refractivity contribution in [3.8, 4) is 0 Å². The van der Waals surface area contributed by atoms with E-state index in [1.807, 2.05) is 24.5 Å². The van der Waals surface area contributed by atoms with Crippen molar-refractivity contribution in [1.82, 2.24) is 25.3 Å². The molecule has 1 saturated heterocycles. The molecule has 3 rings (SSSR count). The monoisotopic (exact) mass is 349 g/mol. The second-order valence-electron chi connectivity index (χ2n) is 7.57.